The molecule has 1 aliphatic heterocycles. The maximum absolute atomic E-state index is 11.6. The lowest BCUT2D eigenvalue weighted by Gasteiger charge is -2.29. The molecule has 5 nitrogen and oxygen atoms in total. The molecule has 1 N–H and O–H groups in total. The predicted octanol–water partition coefficient (Wildman–Crippen LogP) is 3.25. The lowest BCUT2D eigenvalue weighted by molar-refractivity contribution is 0.0690. The van der Waals surface area contributed by atoms with Crippen LogP contribution < -0.4 is 4.90 Å². The van der Waals surface area contributed by atoms with Crippen LogP contribution >= 0.6 is 11.3 Å². The molecule has 3 rings (SSSR count). The van der Waals surface area contributed by atoms with Gasteiger partial charge in [-0.25, -0.2) is 9.78 Å². The molecule has 0 aromatic carbocycles. The molecule has 0 bridgehead atoms. The first kappa shape index (κ1) is 13.4. The number of aromatic carboxylic acids is 1. The van der Waals surface area contributed by atoms with Crippen molar-refractivity contribution >= 4 is 28.1 Å². The third-order valence-corrected chi connectivity index (χ3v) is 4.82. The van der Waals surface area contributed by atoms with Crippen LogP contribution in [-0.2, 0) is 0 Å². The Bertz CT molecular complexity index is 619. The Morgan fingerprint density at radius 3 is 3.10 bits per heavy atom. The van der Waals surface area contributed by atoms with Crippen molar-refractivity contribution in [3.63, 3.8) is 0 Å². The van der Waals surface area contributed by atoms with Crippen LogP contribution in [0.2, 0.25) is 0 Å². The van der Waals surface area contributed by atoms with Gasteiger partial charge in [0.15, 0.2) is 16.5 Å². The first-order valence-corrected chi connectivity index (χ1v) is 8.05. The molecule has 0 radical (unpaired) electrons. The fraction of sp³-hybridized carbons (Fsp3) is 0.571. The molecule has 1 saturated heterocycles. The molecule has 1 unspecified atom stereocenters. The van der Waals surface area contributed by atoms with E-state index in [1.807, 2.05) is 5.38 Å². The summed E-state index contributed by atoms with van der Waals surface area (Å²) in [7, 11) is 0. The van der Waals surface area contributed by atoms with Crippen molar-refractivity contribution in [2.45, 2.75) is 45.1 Å². The molecular weight excluding hydrogens is 274 g/mol. The number of thiazole rings is 1. The van der Waals surface area contributed by atoms with Gasteiger partial charge in [-0.1, -0.05) is 19.8 Å². The average molecular weight is 293 g/mol. The number of anilines is 1. The van der Waals surface area contributed by atoms with E-state index >= 15 is 0 Å². The summed E-state index contributed by atoms with van der Waals surface area (Å²) in [5.41, 5.74) is 0.307. The lowest BCUT2D eigenvalue weighted by Crippen LogP contribution is -2.35. The Morgan fingerprint density at radius 2 is 2.35 bits per heavy atom. The number of carboxylic acids is 1. The van der Waals surface area contributed by atoms with Crippen molar-refractivity contribution in [3.05, 3.63) is 17.3 Å². The van der Waals surface area contributed by atoms with Crippen LogP contribution in [0.15, 0.2) is 11.6 Å². The molecule has 2 aromatic rings. The SMILES string of the molecule is CCC1CCCCCN1c1nc2sccn2c1C(=O)O. The van der Waals surface area contributed by atoms with Gasteiger partial charge in [0.25, 0.3) is 0 Å². The van der Waals surface area contributed by atoms with Gasteiger partial charge < -0.3 is 10.0 Å². The Balaban J connectivity index is 2.09. The number of hydrogen-bond donors (Lipinski definition) is 1. The summed E-state index contributed by atoms with van der Waals surface area (Å²) in [4.78, 5) is 19.2. The number of fused-ring (bicyclic) bond motifs is 1. The van der Waals surface area contributed by atoms with Crippen molar-refractivity contribution in [2.24, 2.45) is 0 Å². The van der Waals surface area contributed by atoms with E-state index in [2.05, 4.69) is 16.8 Å². The fourth-order valence-corrected chi connectivity index (χ4v) is 3.76. The van der Waals surface area contributed by atoms with Gasteiger partial charge in [-0.2, -0.15) is 0 Å². The van der Waals surface area contributed by atoms with E-state index in [9.17, 15) is 9.90 Å². The maximum atomic E-state index is 11.6. The van der Waals surface area contributed by atoms with Crippen molar-refractivity contribution in [1.82, 2.24) is 9.38 Å². The monoisotopic (exact) mass is 293 g/mol. The Labute approximate surface area is 121 Å². The van der Waals surface area contributed by atoms with Gasteiger partial charge in [-0.15, -0.1) is 11.3 Å². The summed E-state index contributed by atoms with van der Waals surface area (Å²) in [5.74, 6) is -0.247. The molecule has 0 saturated carbocycles. The van der Waals surface area contributed by atoms with Gasteiger partial charge in [0.05, 0.1) is 0 Å². The van der Waals surface area contributed by atoms with Crippen LogP contribution in [0.25, 0.3) is 4.96 Å². The molecule has 0 aliphatic carbocycles. The standard InChI is InChI=1S/C14H19N3O2S/c1-2-10-6-4-3-5-7-16(10)12-11(13(18)19)17-8-9-20-14(17)15-12/h8-10H,2-7H2,1H3,(H,18,19). The molecule has 0 spiro atoms. The number of carboxylic acid groups (broad SMARTS) is 1. The molecule has 6 heteroatoms. The third-order valence-electron chi connectivity index (χ3n) is 4.07. The second-order valence-corrected chi connectivity index (χ2v) is 6.12. The van der Waals surface area contributed by atoms with Crippen LogP contribution in [0, 0.1) is 0 Å². The van der Waals surface area contributed by atoms with Gasteiger partial charge in [0, 0.05) is 24.2 Å². The second-order valence-electron chi connectivity index (χ2n) is 5.25. The maximum Gasteiger partial charge on any atom is 0.356 e. The number of rotatable bonds is 3. The van der Waals surface area contributed by atoms with Crippen LogP contribution in [0.4, 0.5) is 5.82 Å². The summed E-state index contributed by atoms with van der Waals surface area (Å²) in [6, 6.07) is 0.403. The van der Waals surface area contributed by atoms with E-state index in [0.29, 0.717) is 17.6 Å². The van der Waals surface area contributed by atoms with E-state index in [1.165, 1.54) is 24.2 Å². The smallest absolute Gasteiger partial charge is 0.356 e. The first-order valence-electron chi connectivity index (χ1n) is 7.18. The van der Waals surface area contributed by atoms with Crippen LogP contribution in [0.1, 0.15) is 49.5 Å². The molecule has 1 fully saturated rings. The summed E-state index contributed by atoms with van der Waals surface area (Å²) in [5, 5.41) is 11.4. The normalized spacial score (nSPS) is 20.2. The van der Waals surface area contributed by atoms with Crippen molar-refractivity contribution in [1.29, 1.82) is 0 Å². The highest BCUT2D eigenvalue weighted by molar-refractivity contribution is 7.15. The van der Waals surface area contributed by atoms with E-state index in [0.717, 1.165) is 30.8 Å². The van der Waals surface area contributed by atoms with E-state index in [4.69, 9.17) is 0 Å². The molecule has 20 heavy (non-hydrogen) atoms. The number of nitrogens with zero attached hydrogens (tertiary/aromatic N) is 3. The predicted molar refractivity (Wildman–Crippen MR) is 79.9 cm³/mol. The quantitative estimate of drug-likeness (QED) is 0.943. The zero-order valence-electron chi connectivity index (χ0n) is 11.6. The van der Waals surface area contributed by atoms with Crippen molar-refractivity contribution < 1.29 is 9.90 Å². The number of hydrogen-bond acceptors (Lipinski definition) is 4. The van der Waals surface area contributed by atoms with Crippen LogP contribution in [0.3, 0.4) is 0 Å². The summed E-state index contributed by atoms with van der Waals surface area (Å²) >= 11 is 1.48. The second kappa shape index (κ2) is 5.44. The van der Waals surface area contributed by atoms with E-state index in [-0.39, 0.29) is 0 Å². The topological polar surface area (TPSA) is 57.8 Å². The van der Waals surface area contributed by atoms with Gasteiger partial charge in [0.1, 0.15) is 0 Å². The van der Waals surface area contributed by atoms with Gasteiger partial charge in [0.2, 0.25) is 0 Å². The van der Waals surface area contributed by atoms with Crippen LogP contribution in [0.5, 0.6) is 0 Å². The fourth-order valence-electron chi connectivity index (χ4n) is 3.05. The largest absolute Gasteiger partial charge is 0.476 e. The number of aromatic nitrogens is 2. The molecule has 0 amide bonds. The Morgan fingerprint density at radius 1 is 1.50 bits per heavy atom. The highest BCUT2D eigenvalue weighted by Gasteiger charge is 2.28. The molecular formula is C14H19N3O2S. The number of carbonyl (C=O) groups is 1. The van der Waals surface area contributed by atoms with Gasteiger partial charge in [-0.05, 0) is 19.3 Å². The molecule has 108 valence electrons. The summed E-state index contributed by atoms with van der Waals surface area (Å²) in [6.07, 6.45) is 7.50. The minimum atomic E-state index is -0.898. The zero-order chi connectivity index (χ0) is 14.1. The van der Waals surface area contributed by atoms with Crippen molar-refractivity contribution in [3.8, 4) is 0 Å². The Hall–Kier alpha value is -1.56. The molecule has 1 aliphatic rings. The first-order chi connectivity index (χ1) is 9.72. The van der Waals surface area contributed by atoms with Gasteiger partial charge >= 0.3 is 5.97 Å². The zero-order valence-corrected chi connectivity index (χ0v) is 12.4. The van der Waals surface area contributed by atoms with E-state index < -0.39 is 5.97 Å². The van der Waals surface area contributed by atoms with Crippen molar-refractivity contribution in [2.75, 3.05) is 11.4 Å². The molecule has 1 atom stereocenters. The lowest BCUT2D eigenvalue weighted by atomic mass is 10.1. The average Bonchev–Trinajstić information content (AvgIpc) is 2.91. The minimum absolute atomic E-state index is 0.307. The van der Waals surface area contributed by atoms with Crippen LogP contribution in [-0.4, -0.2) is 33.0 Å². The summed E-state index contributed by atoms with van der Waals surface area (Å²) < 4.78 is 1.69. The summed E-state index contributed by atoms with van der Waals surface area (Å²) in [6.45, 7) is 3.07. The number of imidazole rings is 1. The Kier molecular flexibility index (Phi) is 3.65. The van der Waals surface area contributed by atoms with E-state index in [1.54, 1.807) is 10.6 Å². The molecule has 2 aromatic heterocycles. The minimum Gasteiger partial charge on any atom is -0.476 e. The van der Waals surface area contributed by atoms with Gasteiger partial charge in [-0.3, -0.25) is 4.40 Å². The highest BCUT2D eigenvalue weighted by Crippen LogP contribution is 2.30. The highest BCUT2D eigenvalue weighted by atomic mass is 32.1. The third kappa shape index (κ3) is 2.18. The molecule has 3 heterocycles.